The highest BCUT2D eigenvalue weighted by Crippen LogP contribution is 2.20. The average molecular weight is 406 g/mol. The molecule has 0 bridgehead atoms. The van der Waals surface area contributed by atoms with E-state index in [0.29, 0.717) is 32.8 Å². The number of rotatable bonds is 8. The van der Waals surface area contributed by atoms with Crippen molar-refractivity contribution in [2.24, 2.45) is 0 Å². The van der Waals surface area contributed by atoms with Crippen LogP contribution in [0, 0.1) is 10.1 Å². The number of quaternary nitrogens is 1. The summed E-state index contributed by atoms with van der Waals surface area (Å²) >= 11 is 0. The highest BCUT2D eigenvalue weighted by Gasteiger charge is 2.31. The zero-order valence-corrected chi connectivity index (χ0v) is 16.3. The van der Waals surface area contributed by atoms with Crippen LogP contribution in [0.25, 0.3) is 0 Å². The number of nitro groups is 1. The van der Waals surface area contributed by atoms with Crippen molar-refractivity contribution in [3.63, 3.8) is 0 Å². The Morgan fingerprint density at radius 1 is 1.07 bits per heavy atom. The maximum Gasteiger partial charge on any atom is 0.270 e. The lowest BCUT2D eigenvalue weighted by Crippen LogP contribution is -3.14. The highest BCUT2D eigenvalue weighted by molar-refractivity contribution is 7.89. The summed E-state index contributed by atoms with van der Waals surface area (Å²) in [6.45, 7) is 3.76. The van der Waals surface area contributed by atoms with Crippen molar-refractivity contribution in [1.29, 1.82) is 0 Å². The zero-order valence-electron chi connectivity index (χ0n) is 15.5. The van der Waals surface area contributed by atoms with E-state index in [9.17, 15) is 18.5 Å². The Hall–Kier alpha value is -2.49. The van der Waals surface area contributed by atoms with Gasteiger partial charge in [0.15, 0.2) is 0 Å². The molecular weight excluding hydrogens is 382 g/mol. The molecule has 1 fully saturated rings. The monoisotopic (exact) mass is 406 g/mol. The summed E-state index contributed by atoms with van der Waals surface area (Å²) in [7, 11) is -3.71. The maximum absolute atomic E-state index is 12.8. The average Bonchev–Trinajstić information content (AvgIpc) is 2.72. The van der Waals surface area contributed by atoms with Gasteiger partial charge in [-0.25, -0.2) is 8.42 Å². The number of para-hydroxylation sites is 1. The van der Waals surface area contributed by atoms with Crippen LogP contribution < -0.4 is 9.64 Å². The molecule has 0 unspecified atom stereocenters. The van der Waals surface area contributed by atoms with Crippen LogP contribution >= 0.6 is 0 Å². The number of piperazine rings is 1. The molecule has 0 aromatic heterocycles. The van der Waals surface area contributed by atoms with Gasteiger partial charge in [-0.1, -0.05) is 24.3 Å². The van der Waals surface area contributed by atoms with E-state index in [0.717, 1.165) is 24.8 Å². The smallest absolute Gasteiger partial charge is 0.270 e. The fourth-order valence-corrected chi connectivity index (χ4v) is 4.71. The molecule has 0 saturated carbocycles. The van der Waals surface area contributed by atoms with E-state index in [1.165, 1.54) is 27.4 Å². The van der Waals surface area contributed by atoms with Crippen molar-refractivity contribution < 1.29 is 23.0 Å². The van der Waals surface area contributed by atoms with Crippen LogP contribution in [0.1, 0.15) is 6.42 Å². The van der Waals surface area contributed by atoms with E-state index in [1.54, 1.807) is 0 Å². The van der Waals surface area contributed by atoms with Crippen molar-refractivity contribution in [2.75, 3.05) is 39.3 Å². The third-order valence-corrected chi connectivity index (χ3v) is 6.68. The predicted octanol–water partition coefficient (Wildman–Crippen LogP) is 0.953. The molecule has 2 aromatic carbocycles. The maximum atomic E-state index is 12.8. The largest absolute Gasteiger partial charge is 0.493 e. The normalized spacial score (nSPS) is 16.0. The van der Waals surface area contributed by atoms with Gasteiger partial charge in [0.1, 0.15) is 5.75 Å². The van der Waals surface area contributed by atoms with Gasteiger partial charge in [-0.2, -0.15) is 4.31 Å². The van der Waals surface area contributed by atoms with Crippen LogP contribution in [0.3, 0.4) is 0 Å². The van der Waals surface area contributed by atoms with E-state index >= 15 is 0 Å². The molecule has 1 N–H and O–H groups in total. The van der Waals surface area contributed by atoms with Crippen molar-refractivity contribution >= 4 is 15.7 Å². The third-order valence-electron chi connectivity index (χ3n) is 4.78. The molecule has 150 valence electrons. The van der Waals surface area contributed by atoms with Gasteiger partial charge in [0.25, 0.3) is 5.69 Å². The van der Waals surface area contributed by atoms with Gasteiger partial charge < -0.3 is 9.64 Å². The Balaban J connectivity index is 1.48. The molecule has 2 aromatic rings. The summed E-state index contributed by atoms with van der Waals surface area (Å²) in [5.41, 5.74) is -0.219. The van der Waals surface area contributed by atoms with Crippen LogP contribution in [-0.4, -0.2) is 57.0 Å². The van der Waals surface area contributed by atoms with Crippen molar-refractivity contribution in [3.8, 4) is 5.75 Å². The Kier molecular flexibility index (Phi) is 6.61. The number of nitrogens with zero attached hydrogens (tertiary/aromatic N) is 2. The third kappa shape index (κ3) is 5.06. The first-order chi connectivity index (χ1) is 13.5. The molecule has 28 heavy (non-hydrogen) atoms. The van der Waals surface area contributed by atoms with Gasteiger partial charge in [0, 0.05) is 18.6 Å². The van der Waals surface area contributed by atoms with Gasteiger partial charge in [0.2, 0.25) is 10.0 Å². The lowest BCUT2D eigenvalue weighted by atomic mass is 10.3. The Morgan fingerprint density at radius 3 is 2.46 bits per heavy atom. The van der Waals surface area contributed by atoms with E-state index in [2.05, 4.69) is 0 Å². The first-order valence-electron chi connectivity index (χ1n) is 9.23. The number of ether oxygens (including phenoxy) is 1. The van der Waals surface area contributed by atoms with Gasteiger partial charge in [-0.05, 0) is 18.2 Å². The second-order valence-electron chi connectivity index (χ2n) is 6.67. The lowest BCUT2D eigenvalue weighted by Gasteiger charge is -2.31. The minimum absolute atomic E-state index is 0.0265. The molecule has 8 nitrogen and oxygen atoms in total. The molecule has 0 aliphatic carbocycles. The molecule has 0 atom stereocenters. The topological polar surface area (TPSA) is 94.2 Å². The summed E-state index contributed by atoms with van der Waals surface area (Å²) in [5, 5.41) is 10.9. The standard InChI is InChI=1S/C19H23N3O5S/c23-22(24)17-6-4-9-19(16-17)28(25,26)21-13-11-20(12-14-21)10-5-15-27-18-7-2-1-3-8-18/h1-4,6-9,16H,5,10-15H2/p+1. The second kappa shape index (κ2) is 9.13. The summed E-state index contributed by atoms with van der Waals surface area (Å²) in [5.74, 6) is 0.852. The van der Waals surface area contributed by atoms with Crippen molar-refractivity contribution in [1.82, 2.24) is 4.31 Å². The highest BCUT2D eigenvalue weighted by atomic mass is 32.2. The number of hydrogen-bond acceptors (Lipinski definition) is 5. The fourth-order valence-electron chi connectivity index (χ4n) is 3.23. The van der Waals surface area contributed by atoms with Crippen LogP contribution in [0.4, 0.5) is 5.69 Å². The first kappa shape index (κ1) is 20.2. The van der Waals surface area contributed by atoms with Gasteiger partial charge in [-0.3, -0.25) is 10.1 Å². The van der Waals surface area contributed by atoms with E-state index in [1.807, 2.05) is 30.3 Å². The van der Waals surface area contributed by atoms with E-state index in [-0.39, 0.29) is 10.6 Å². The number of benzene rings is 2. The number of sulfonamides is 1. The molecule has 9 heteroatoms. The number of non-ortho nitro benzene ring substituents is 1. The molecule has 1 aliphatic heterocycles. The molecule has 1 saturated heterocycles. The lowest BCUT2D eigenvalue weighted by molar-refractivity contribution is -0.903. The van der Waals surface area contributed by atoms with Crippen LogP contribution in [0.15, 0.2) is 59.5 Å². The molecule has 1 aliphatic rings. The quantitative estimate of drug-likeness (QED) is 0.400. The molecule has 3 rings (SSSR count). The molecule has 1 heterocycles. The Labute approximate surface area is 164 Å². The Bertz CT molecular complexity index is 897. The summed E-state index contributed by atoms with van der Waals surface area (Å²) in [4.78, 5) is 11.6. The van der Waals surface area contributed by atoms with Crippen LogP contribution in [0.5, 0.6) is 5.75 Å². The van der Waals surface area contributed by atoms with Crippen LogP contribution in [0.2, 0.25) is 0 Å². The van der Waals surface area contributed by atoms with Crippen LogP contribution in [-0.2, 0) is 10.0 Å². The Morgan fingerprint density at radius 2 is 1.79 bits per heavy atom. The van der Waals surface area contributed by atoms with Gasteiger partial charge in [0.05, 0.1) is 49.1 Å². The SMILES string of the molecule is O=[N+]([O-])c1cccc(S(=O)(=O)N2CC[NH+](CCCOc3ccccc3)CC2)c1. The summed E-state index contributed by atoms with van der Waals surface area (Å²) < 4.78 is 32.6. The molecule has 0 radical (unpaired) electrons. The number of nitrogens with one attached hydrogen (secondary N) is 1. The fraction of sp³-hybridized carbons (Fsp3) is 0.368. The second-order valence-corrected chi connectivity index (χ2v) is 8.61. The van der Waals surface area contributed by atoms with E-state index < -0.39 is 14.9 Å². The molecule has 0 spiro atoms. The number of hydrogen-bond donors (Lipinski definition) is 1. The van der Waals surface area contributed by atoms with Gasteiger partial charge >= 0.3 is 0 Å². The minimum atomic E-state index is -3.71. The van der Waals surface area contributed by atoms with Crippen molar-refractivity contribution in [2.45, 2.75) is 11.3 Å². The van der Waals surface area contributed by atoms with E-state index in [4.69, 9.17) is 4.74 Å². The minimum Gasteiger partial charge on any atom is -0.493 e. The van der Waals surface area contributed by atoms with Crippen molar-refractivity contribution in [3.05, 3.63) is 64.7 Å². The zero-order chi connectivity index (χ0) is 20.0. The van der Waals surface area contributed by atoms with Gasteiger partial charge in [-0.15, -0.1) is 0 Å². The summed E-state index contributed by atoms with van der Waals surface area (Å²) in [6, 6.07) is 14.9. The molecule has 0 amide bonds. The first-order valence-corrected chi connectivity index (χ1v) is 10.7. The summed E-state index contributed by atoms with van der Waals surface area (Å²) in [6.07, 6.45) is 0.891. The number of nitro benzene ring substituents is 1. The predicted molar refractivity (Wildman–Crippen MR) is 104 cm³/mol. The molecular formula is C19H24N3O5S+.